The molecule has 0 aromatic carbocycles. The number of fused-ring (bicyclic) bond motifs is 1. The maximum absolute atomic E-state index is 11.5. The molecule has 0 bridgehead atoms. The molecule has 2 rings (SSSR count). The lowest BCUT2D eigenvalue weighted by atomic mass is 10.4. The lowest BCUT2D eigenvalue weighted by Gasteiger charge is -2.14. The fraction of sp³-hybridized carbons (Fsp3) is 0.700. The highest BCUT2D eigenvalue weighted by atomic mass is 16.5. The fourth-order valence-corrected chi connectivity index (χ4v) is 1.80. The topological polar surface area (TPSA) is 63.7 Å². The molecular weight excluding hydrogens is 198 g/mol. The van der Waals surface area contributed by atoms with Crippen molar-refractivity contribution in [2.24, 2.45) is 11.8 Å². The highest BCUT2D eigenvalue weighted by molar-refractivity contribution is 6.10. The number of imide groups is 1. The van der Waals surface area contributed by atoms with Crippen molar-refractivity contribution in [2.75, 3.05) is 13.2 Å². The van der Waals surface area contributed by atoms with E-state index in [9.17, 15) is 14.4 Å². The Balaban J connectivity index is 1.87. The Bertz CT molecular complexity index is 305. The Hall–Kier alpha value is -1.39. The largest absolute Gasteiger partial charge is 0.464 e. The summed E-state index contributed by atoms with van der Waals surface area (Å²) in [7, 11) is 0. The number of rotatable bonds is 4. The highest BCUT2D eigenvalue weighted by Crippen LogP contribution is 2.46. The molecule has 0 unspecified atom stereocenters. The van der Waals surface area contributed by atoms with Crippen molar-refractivity contribution in [1.29, 1.82) is 0 Å². The summed E-state index contributed by atoms with van der Waals surface area (Å²) in [6.07, 6.45) is 1.40. The molecular formula is C10H13NO4. The molecule has 1 aliphatic heterocycles. The van der Waals surface area contributed by atoms with Crippen LogP contribution in [0.2, 0.25) is 0 Å². The van der Waals surface area contributed by atoms with Crippen LogP contribution in [0, 0.1) is 11.8 Å². The van der Waals surface area contributed by atoms with E-state index in [4.69, 9.17) is 4.74 Å². The summed E-state index contributed by atoms with van der Waals surface area (Å²) < 4.78 is 4.81. The molecule has 0 N–H and O–H groups in total. The number of hydrogen-bond donors (Lipinski definition) is 0. The quantitative estimate of drug-likeness (QED) is 0.483. The monoisotopic (exact) mass is 211 g/mol. The Morgan fingerprint density at radius 1 is 1.40 bits per heavy atom. The van der Waals surface area contributed by atoms with Crippen LogP contribution in [-0.2, 0) is 19.1 Å². The van der Waals surface area contributed by atoms with E-state index in [1.807, 2.05) is 6.92 Å². The highest BCUT2D eigenvalue weighted by Gasteiger charge is 2.59. The molecule has 0 spiro atoms. The van der Waals surface area contributed by atoms with Gasteiger partial charge in [-0.2, -0.15) is 0 Å². The number of hydrogen-bond acceptors (Lipinski definition) is 4. The van der Waals surface area contributed by atoms with Crippen LogP contribution in [0.25, 0.3) is 0 Å². The third-order valence-electron chi connectivity index (χ3n) is 2.71. The van der Waals surface area contributed by atoms with Crippen molar-refractivity contribution in [3.8, 4) is 0 Å². The zero-order valence-electron chi connectivity index (χ0n) is 8.56. The van der Waals surface area contributed by atoms with Crippen molar-refractivity contribution >= 4 is 17.8 Å². The van der Waals surface area contributed by atoms with Gasteiger partial charge < -0.3 is 4.74 Å². The van der Waals surface area contributed by atoms with Crippen molar-refractivity contribution < 1.29 is 19.1 Å². The molecule has 2 amide bonds. The van der Waals surface area contributed by atoms with Crippen molar-refractivity contribution in [1.82, 2.24) is 4.90 Å². The molecule has 0 aromatic heterocycles. The number of likely N-dealkylation sites (tertiary alicyclic amines) is 1. The summed E-state index contributed by atoms with van der Waals surface area (Å²) in [6, 6.07) is 0. The van der Waals surface area contributed by atoms with Crippen LogP contribution in [0.3, 0.4) is 0 Å². The fourth-order valence-electron chi connectivity index (χ4n) is 1.80. The van der Waals surface area contributed by atoms with Gasteiger partial charge >= 0.3 is 5.97 Å². The normalized spacial score (nSPS) is 27.9. The van der Waals surface area contributed by atoms with E-state index in [2.05, 4.69) is 0 Å². The summed E-state index contributed by atoms with van der Waals surface area (Å²) in [5.41, 5.74) is 0. The van der Waals surface area contributed by atoms with Gasteiger partial charge in [0, 0.05) is 0 Å². The molecule has 2 aliphatic rings. The maximum atomic E-state index is 11.5. The third kappa shape index (κ3) is 1.73. The van der Waals surface area contributed by atoms with Gasteiger partial charge in [0.1, 0.15) is 6.54 Å². The second kappa shape index (κ2) is 3.64. The molecule has 1 saturated heterocycles. The summed E-state index contributed by atoms with van der Waals surface area (Å²) >= 11 is 0. The lowest BCUT2D eigenvalue weighted by Crippen LogP contribution is -2.38. The lowest BCUT2D eigenvalue weighted by molar-refractivity contribution is -0.153. The molecule has 1 heterocycles. The molecule has 2 atom stereocenters. The predicted molar refractivity (Wildman–Crippen MR) is 49.6 cm³/mol. The van der Waals surface area contributed by atoms with Gasteiger partial charge in [-0.25, -0.2) is 0 Å². The third-order valence-corrected chi connectivity index (χ3v) is 2.71. The minimum Gasteiger partial charge on any atom is -0.464 e. The van der Waals surface area contributed by atoms with E-state index in [1.54, 1.807) is 0 Å². The number of amides is 2. The van der Waals surface area contributed by atoms with Gasteiger partial charge in [-0.05, 0) is 12.8 Å². The zero-order valence-corrected chi connectivity index (χ0v) is 8.56. The molecule has 2 fully saturated rings. The Morgan fingerprint density at radius 2 is 2.00 bits per heavy atom. The number of carbonyl (C=O) groups excluding carboxylic acids is 3. The second-order valence-electron chi connectivity index (χ2n) is 3.93. The van der Waals surface area contributed by atoms with Gasteiger partial charge in [-0.3, -0.25) is 19.3 Å². The molecule has 5 nitrogen and oxygen atoms in total. The SMILES string of the molecule is CCCOC(=O)CN1C(=O)[C@H]2C[C@@H]2C1=O. The van der Waals surface area contributed by atoms with E-state index in [1.165, 1.54) is 0 Å². The van der Waals surface area contributed by atoms with Gasteiger partial charge in [-0.1, -0.05) is 6.92 Å². The molecule has 5 heteroatoms. The summed E-state index contributed by atoms with van der Waals surface area (Å²) in [4.78, 5) is 35.2. The van der Waals surface area contributed by atoms with Gasteiger partial charge in [0.25, 0.3) is 0 Å². The number of esters is 1. The Labute approximate surface area is 87.4 Å². The van der Waals surface area contributed by atoms with Gasteiger partial charge in [0.05, 0.1) is 18.4 Å². The van der Waals surface area contributed by atoms with E-state index < -0.39 is 5.97 Å². The maximum Gasteiger partial charge on any atom is 0.326 e. The minimum atomic E-state index is -0.500. The zero-order chi connectivity index (χ0) is 11.0. The first-order chi connectivity index (χ1) is 7.15. The van der Waals surface area contributed by atoms with Crippen molar-refractivity contribution in [2.45, 2.75) is 19.8 Å². The average molecular weight is 211 g/mol. The van der Waals surface area contributed by atoms with Crippen LogP contribution in [-0.4, -0.2) is 35.8 Å². The standard InChI is InChI=1S/C10H13NO4/c1-2-3-15-8(12)5-11-9(13)6-4-7(6)10(11)14/h6-7H,2-5H2,1H3/t6-,7-/m0/s1. The van der Waals surface area contributed by atoms with Gasteiger partial charge in [0.2, 0.25) is 11.8 Å². The second-order valence-corrected chi connectivity index (χ2v) is 3.93. The van der Waals surface area contributed by atoms with Crippen LogP contribution in [0.15, 0.2) is 0 Å². The van der Waals surface area contributed by atoms with Gasteiger partial charge in [0.15, 0.2) is 0 Å². The van der Waals surface area contributed by atoms with Crippen LogP contribution in [0.1, 0.15) is 19.8 Å². The molecule has 1 saturated carbocycles. The van der Waals surface area contributed by atoms with Crippen LogP contribution in [0.5, 0.6) is 0 Å². The predicted octanol–water partition coefficient (Wildman–Crippen LogP) is -0.0555. The van der Waals surface area contributed by atoms with Gasteiger partial charge in [-0.15, -0.1) is 0 Å². The number of ether oxygens (including phenoxy) is 1. The average Bonchev–Trinajstić information content (AvgIpc) is 2.96. The van der Waals surface area contributed by atoms with Crippen LogP contribution < -0.4 is 0 Å². The number of nitrogens with zero attached hydrogens (tertiary/aromatic N) is 1. The molecule has 1 aliphatic carbocycles. The van der Waals surface area contributed by atoms with E-state index in [0.717, 1.165) is 11.3 Å². The molecule has 15 heavy (non-hydrogen) atoms. The summed E-state index contributed by atoms with van der Waals surface area (Å²) in [5, 5.41) is 0. The molecule has 82 valence electrons. The summed E-state index contributed by atoms with van der Waals surface area (Å²) in [6.45, 7) is 2.00. The first-order valence-corrected chi connectivity index (χ1v) is 5.16. The number of piperidine rings is 1. The van der Waals surface area contributed by atoms with E-state index >= 15 is 0 Å². The van der Waals surface area contributed by atoms with Crippen molar-refractivity contribution in [3.05, 3.63) is 0 Å². The smallest absolute Gasteiger partial charge is 0.326 e. The summed E-state index contributed by atoms with van der Waals surface area (Å²) in [5.74, 6) is -1.20. The number of carbonyl (C=O) groups is 3. The molecule has 0 radical (unpaired) electrons. The minimum absolute atomic E-state index is 0.142. The first-order valence-electron chi connectivity index (χ1n) is 5.16. The van der Waals surface area contributed by atoms with Crippen LogP contribution >= 0.6 is 0 Å². The molecule has 0 aromatic rings. The van der Waals surface area contributed by atoms with E-state index in [-0.39, 0.29) is 30.2 Å². The van der Waals surface area contributed by atoms with E-state index in [0.29, 0.717) is 13.0 Å². The Kier molecular flexibility index (Phi) is 2.46. The Morgan fingerprint density at radius 3 is 2.53 bits per heavy atom. The van der Waals surface area contributed by atoms with Crippen molar-refractivity contribution in [3.63, 3.8) is 0 Å². The first kappa shape index (κ1) is 10.1. The van der Waals surface area contributed by atoms with Crippen LogP contribution in [0.4, 0.5) is 0 Å².